The molecule has 2 heterocycles. The van der Waals surface area contributed by atoms with Gasteiger partial charge in [0.05, 0.1) is 10.6 Å². The first-order valence-electron chi connectivity index (χ1n) is 13.9. The number of carboxylic acids is 1. The highest BCUT2D eigenvalue weighted by atomic mass is 32.2. The quantitative estimate of drug-likeness (QED) is 0.386. The van der Waals surface area contributed by atoms with Crippen LogP contribution >= 0.6 is 0 Å². The molecule has 0 aliphatic carbocycles. The van der Waals surface area contributed by atoms with E-state index in [0.29, 0.717) is 31.8 Å². The van der Waals surface area contributed by atoms with Crippen molar-refractivity contribution >= 4 is 15.8 Å². The predicted molar refractivity (Wildman–Crippen MR) is 147 cm³/mol. The second-order valence-corrected chi connectivity index (χ2v) is 13.8. The zero-order valence-corrected chi connectivity index (χ0v) is 23.6. The third-order valence-corrected chi connectivity index (χ3v) is 10.1. The summed E-state index contributed by atoms with van der Waals surface area (Å²) in [6, 6.07) is 11.1. The average molecular weight is 563 g/mol. The summed E-state index contributed by atoms with van der Waals surface area (Å²) in [5.41, 5.74) is 0.914. The van der Waals surface area contributed by atoms with E-state index in [1.807, 2.05) is 19.9 Å². The number of benzene rings is 2. The number of carbonyl (C=O) groups is 1. The molecule has 2 aliphatic heterocycles. The molecule has 214 valence electrons. The van der Waals surface area contributed by atoms with E-state index in [9.17, 15) is 27.1 Å². The van der Waals surface area contributed by atoms with Crippen LogP contribution < -0.4 is 0 Å². The van der Waals surface area contributed by atoms with Crippen LogP contribution in [-0.2, 0) is 14.6 Å². The molecule has 2 saturated heterocycles. The van der Waals surface area contributed by atoms with Crippen molar-refractivity contribution in [3.05, 3.63) is 65.7 Å². The topological polar surface area (TPSA) is 77.9 Å². The first-order chi connectivity index (χ1) is 18.5. The highest BCUT2D eigenvalue weighted by Crippen LogP contribution is 2.36. The van der Waals surface area contributed by atoms with Crippen molar-refractivity contribution in [3.63, 3.8) is 0 Å². The van der Waals surface area contributed by atoms with Crippen molar-refractivity contribution in [2.24, 2.45) is 17.8 Å². The highest BCUT2D eigenvalue weighted by Gasteiger charge is 2.40. The lowest BCUT2D eigenvalue weighted by Gasteiger charge is -2.35. The molecule has 2 fully saturated rings. The summed E-state index contributed by atoms with van der Waals surface area (Å²) in [7, 11) is -3.44. The Morgan fingerprint density at radius 3 is 2.33 bits per heavy atom. The van der Waals surface area contributed by atoms with E-state index < -0.39 is 27.7 Å². The van der Waals surface area contributed by atoms with E-state index in [4.69, 9.17) is 0 Å². The van der Waals surface area contributed by atoms with Gasteiger partial charge in [-0.25, -0.2) is 17.2 Å². The Hall–Kier alpha value is -2.36. The number of sulfone groups is 1. The zero-order valence-electron chi connectivity index (χ0n) is 22.8. The van der Waals surface area contributed by atoms with Crippen LogP contribution in [0.25, 0.3) is 0 Å². The number of nitrogens with zero attached hydrogens (tertiary/aromatic N) is 2. The summed E-state index contributed by atoms with van der Waals surface area (Å²) in [5, 5.41) is 9.94. The van der Waals surface area contributed by atoms with Crippen LogP contribution in [0.15, 0.2) is 53.4 Å². The highest BCUT2D eigenvalue weighted by molar-refractivity contribution is 7.91. The van der Waals surface area contributed by atoms with E-state index >= 15 is 0 Å². The number of hydrogen-bond donors (Lipinski definition) is 1. The molecular formula is C30H40F2N2O4S. The predicted octanol–water partition coefficient (Wildman–Crippen LogP) is 5.06. The van der Waals surface area contributed by atoms with Gasteiger partial charge in [-0.2, -0.15) is 0 Å². The number of hydrogen-bond acceptors (Lipinski definition) is 5. The fourth-order valence-electron chi connectivity index (χ4n) is 6.18. The Bertz CT molecular complexity index is 1210. The van der Waals surface area contributed by atoms with Gasteiger partial charge in [-0.15, -0.1) is 0 Å². The molecular weight excluding hydrogens is 522 g/mol. The second-order valence-electron chi connectivity index (χ2n) is 11.7. The third-order valence-electron chi connectivity index (χ3n) is 8.33. The van der Waals surface area contributed by atoms with Crippen LogP contribution in [0.4, 0.5) is 8.78 Å². The van der Waals surface area contributed by atoms with E-state index in [0.717, 1.165) is 38.0 Å². The van der Waals surface area contributed by atoms with Gasteiger partial charge in [-0.3, -0.25) is 9.69 Å². The molecule has 1 N–H and O–H groups in total. The molecule has 0 radical (unpaired) electrons. The lowest BCUT2D eigenvalue weighted by molar-refractivity contribution is -0.143. The number of rotatable bonds is 11. The maximum Gasteiger partial charge on any atom is 0.320 e. The monoisotopic (exact) mass is 562 g/mol. The number of halogens is 2. The van der Waals surface area contributed by atoms with Crippen molar-refractivity contribution in [2.75, 3.05) is 38.5 Å². The number of aliphatic carboxylic acids is 1. The summed E-state index contributed by atoms with van der Waals surface area (Å²) in [5.74, 6) is -0.706. The molecule has 2 aliphatic rings. The van der Waals surface area contributed by atoms with E-state index in [1.54, 1.807) is 12.1 Å². The van der Waals surface area contributed by atoms with E-state index in [-0.39, 0.29) is 34.2 Å². The van der Waals surface area contributed by atoms with Crippen LogP contribution in [0.5, 0.6) is 0 Å². The van der Waals surface area contributed by atoms with Crippen molar-refractivity contribution < 1.29 is 27.1 Å². The Balaban J connectivity index is 1.36. The molecule has 0 spiro atoms. The van der Waals surface area contributed by atoms with Gasteiger partial charge >= 0.3 is 5.97 Å². The third kappa shape index (κ3) is 7.86. The van der Waals surface area contributed by atoms with Crippen LogP contribution in [0.3, 0.4) is 0 Å². The molecule has 6 nitrogen and oxygen atoms in total. The summed E-state index contributed by atoms with van der Waals surface area (Å²) in [6.45, 7) is 7.80. The van der Waals surface area contributed by atoms with E-state index in [1.165, 1.54) is 30.3 Å². The number of likely N-dealkylation sites (tertiary alicyclic amines) is 2. The van der Waals surface area contributed by atoms with Crippen LogP contribution in [0.1, 0.15) is 51.0 Å². The smallest absolute Gasteiger partial charge is 0.320 e. The molecule has 9 heteroatoms. The summed E-state index contributed by atoms with van der Waals surface area (Å²) in [4.78, 5) is 16.7. The van der Waals surface area contributed by atoms with Gasteiger partial charge < -0.3 is 10.0 Å². The Kier molecular flexibility index (Phi) is 9.78. The summed E-state index contributed by atoms with van der Waals surface area (Å²) in [6.07, 6.45) is 2.94. The minimum Gasteiger partial charge on any atom is -0.480 e. The number of carboxylic acid groups (broad SMARTS) is 1. The molecule has 0 saturated carbocycles. The van der Waals surface area contributed by atoms with Crippen LogP contribution in [0, 0.1) is 29.4 Å². The maximum atomic E-state index is 14.1. The molecule has 2 aromatic carbocycles. The lowest BCUT2D eigenvalue weighted by Crippen LogP contribution is -2.42. The fraction of sp³-hybridized carbons (Fsp3) is 0.567. The van der Waals surface area contributed by atoms with Gasteiger partial charge in [0.1, 0.15) is 17.7 Å². The SMILES string of the molecule is CC(C)C[C@H](C(=O)O)N1C[C@H](CN2CCC(CCS(=O)(=O)c3ccc(F)cc3)CC2)[C@@H](c2cccc(F)c2)C1. The Labute approximate surface area is 230 Å². The van der Waals surface area contributed by atoms with Crippen molar-refractivity contribution in [1.29, 1.82) is 0 Å². The minimum atomic E-state index is -3.44. The minimum absolute atomic E-state index is 0.0493. The molecule has 2 aromatic rings. The normalized spacial score (nSPS) is 22.4. The Morgan fingerprint density at radius 1 is 1.03 bits per heavy atom. The van der Waals surface area contributed by atoms with Crippen LogP contribution in [0.2, 0.25) is 0 Å². The maximum absolute atomic E-state index is 14.1. The molecule has 0 unspecified atom stereocenters. The number of piperidine rings is 1. The van der Waals surface area contributed by atoms with Crippen molar-refractivity contribution in [3.8, 4) is 0 Å². The first-order valence-corrected chi connectivity index (χ1v) is 15.6. The second kappa shape index (κ2) is 12.9. The van der Waals surface area contributed by atoms with Crippen molar-refractivity contribution in [1.82, 2.24) is 9.80 Å². The van der Waals surface area contributed by atoms with Crippen LogP contribution in [-0.4, -0.2) is 73.8 Å². The molecule has 39 heavy (non-hydrogen) atoms. The molecule has 0 bridgehead atoms. The van der Waals surface area contributed by atoms with Gasteiger partial charge in [-0.1, -0.05) is 26.0 Å². The molecule has 4 rings (SSSR count). The van der Waals surface area contributed by atoms with E-state index in [2.05, 4.69) is 9.80 Å². The molecule has 3 atom stereocenters. The average Bonchev–Trinajstić information content (AvgIpc) is 3.30. The fourth-order valence-corrected chi connectivity index (χ4v) is 7.61. The van der Waals surface area contributed by atoms with Gasteiger partial charge in [0.15, 0.2) is 9.84 Å². The molecule has 0 aromatic heterocycles. The van der Waals surface area contributed by atoms with Gasteiger partial charge in [0.25, 0.3) is 0 Å². The van der Waals surface area contributed by atoms with Crippen molar-refractivity contribution in [2.45, 2.75) is 56.4 Å². The Morgan fingerprint density at radius 2 is 1.72 bits per heavy atom. The van der Waals surface area contributed by atoms with Gasteiger partial charge in [-0.05, 0) is 98.5 Å². The summed E-state index contributed by atoms with van der Waals surface area (Å²) < 4.78 is 52.6. The standard InChI is InChI=1S/C30H40F2N2O4S/c1-21(2)16-29(30(35)36)34-19-24(28(20-34)23-4-3-5-26(32)17-23)18-33-13-10-22(11-14-33)12-15-39(37,38)27-8-6-25(31)7-9-27/h3-9,17,21-22,24,28-29H,10-16,18-20H2,1-2H3,(H,35,36)/t24-,28+,29+/m0/s1. The summed E-state index contributed by atoms with van der Waals surface area (Å²) >= 11 is 0. The van der Waals surface area contributed by atoms with Gasteiger partial charge in [0, 0.05) is 25.6 Å². The largest absolute Gasteiger partial charge is 0.480 e. The first kappa shape index (κ1) is 29.6. The zero-order chi connectivity index (χ0) is 28.2. The van der Waals surface area contributed by atoms with Gasteiger partial charge in [0.2, 0.25) is 0 Å². The lowest BCUT2D eigenvalue weighted by atomic mass is 9.87. The molecule has 0 amide bonds.